The van der Waals surface area contributed by atoms with E-state index in [9.17, 15) is 28.8 Å². The highest BCUT2D eigenvalue weighted by atomic mass is 19.0. The van der Waals surface area contributed by atoms with Crippen molar-refractivity contribution in [2.45, 2.75) is 104 Å². The molecule has 31 heteroatoms. The predicted molar refractivity (Wildman–Crippen MR) is 306 cm³/mol. The third-order valence-corrected chi connectivity index (χ3v) is 13.9. The molecule has 4 amide bonds. The van der Waals surface area contributed by atoms with Crippen molar-refractivity contribution in [3.05, 3.63) is 92.3 Å². The Hall–Kier alpha value is -7.58. The number of hydrogen-bond donors (Lipinski definition) is 5. The molecule has 5 aliphatic heterocycles. The van der Waals surface area contributed by atoms with E-state index in [1.165, 1.54) is 66.8 Å². The van der Waals surface area contributed by atoms with Crippen molar-refractivity contribution in [3.8, 4) is 0 Å². The zero-order valence-corrected chi connectivity index (χ0v) is 48.8. The van der Waals surface area contributed by atoms with Gasteiger partial charge in [-0.05, 0) is 73.4 Å². The normalized spacial score (nSPS) is 21.4. The molecule has 6 unspecified atom stereocenters. The minimum Gasteiger partial charge on any atom is -0.452 e. The molecular weight excluding hydrogens is 1100 g/mol. The second-order valence-corrected chi connectivity index (χ2v) is 20.5. The van der Waals surface area contributed by atoms with Gasteiger partial charge in [0.25, 0.3) is 0 Å². The topological polar surface area (TPSA) is 386 Å². The summed E-state index contributed by atoms with van der Waals surface area (Å²) in [6.45, 7) is 16.9. The highest BCUT2D eigenvalue weighted by Crippen LogP contribution is 2.27. The van der Waals surface area contributed by atoms with Crippen LogP contribution in [0.5, 0.6) is 0 Å². The fraction of sp³-hybridized carbons (Fsp3) is 0.585. The molecule has 10 rings (SSSR count). The van der Waals surface area contributed by atoms with Crippen LogP contribution in [0.2, 0.25) is 0 Å². The second kappa shape index (κ2) is 36.2. The molecule has 5 aromatic rings. The van der Waals surface area contributed by atoms with E-state index in [-0.39, 0.29) is 122 Å². The Morgan fingerprint density at radius 1 is 0.679 bits per heavy atom. The monoisotopic (exact) mass is 1190 g/mol. The summed E-state index contributed by atoms with van der Waals surface area (Å²) >= 11 is 0. The summed E-state index contributed by atoms with van der Waals surface area (Å²) in [5.74, 6) is -0.113. The Balaban J connectivity index is 0.00000102. The second-order valence-electron chi connectivity index (χ2n) is 20.5. The summed E-state index contributed by atoms with van der Waals surface area (Å²) in [6.07, 6.45) is 17.9. The number of oxime groups is 1. The lowest BCUT2D eigenvalue weighted by Crippen LogP contribution is -2.41. The molecule has 0 aliphatic carbocycles. The van der Waals surface area contributed by atoms with E-state index in [4.69, 9.17) is 45.4 Å². The first-order chi connectivity index (χ1) is 38.7. The highest BCUT2D eigenvalue weighted by molar-refractivity contribution is 6.03. The number of nitrogens with one attached hydrogen (secondary N) is 1. The van der Waals surface area contributed by atoms with Crippen molar-refractivity contribution in [3.63, 3.8) is 0 Å². The minimum absolute atomic E-state index is 0. The van der Waals surface area contributed by atoms with Gasteiger partial charge in [-0.15, -0.1) is 0 Å². The summed E-state index contributed by atoms with van der Waals surface area (Å²) in [6, 6.07) is 0.224. The zero-order valence-electron chi connectivity index (χ0n) is 48.8. The molecule has 0 bridgehead atoms. The average molecular weight is 1190 g/mol. The van der Waals surface area contributed by atoms with Crippen molar-refractivity contribution in [2.75, 3.05) is 66.5 Å². The first-order valence-corrected chi connectivity index (χ1v) is 26.9. The summed E-state index contributed by atoms with van der Waals surface area (Å²) in [5.41, 5.74) is 25.9. The fourth-order valence-corrected chi connectivity index (χ4v) is 9.42. The summed E-state index contributed by atoms with van der Waals surface area (Å²) in [7, 11) is 3.39. The van der Waals surface area contributed by atoms with Gasteiger partial charge in [-0.2, -0.15) is 0 Å². The number of halogens is 2. The van der Waals surface area contributed by atoms with Gasteiger partial charge in [0, 0.05) is 95.2 Å². The van der Waals surface area contributed by atoms with Crippen LogP contribution in [0.1, 0.15) is 115 Å². The Morgan fingerprint density at radius 3 is 1.60 bits per heavy atom. The molecule has 9 atom stereocenters. The van der Waals surface area contributed by atoms with Gasteiger partial charge in [0.05, 0.1) is 48.3 Å². The third kappa shape index (κ3) is 21.2. The summed E-state index contributed by atoms with van der Waals surface area (Å²) < 4.78 is 23.9. The number of carbonyl (C=O) groups is 6. The number of likely N-dealkylation sites (tertiary alicyclic amines) is 4. The maximum atomic E-state index is 12.0. The number of aromatic nitrogens is 5. The molecule has 84 heavy (non-hydrogen) atoms. The standard InChI is InChI=1S/C13H19N3O3.C10H13N3O3.C10H15N3O2.C9H17N3O2.C8H13N3O.C3H3NO.B.2FH.2H2/c1-4-19-15-13(11-7-18-8-14-11)10-5-12(17)16(6-10)9(2)3;1-6(11)13-3-7(2-9(13)14)10(15)8-4-16-5-12-8;1-7(11)13-3-2-8(4-13)10(14)9-5-15-6-12-9;1-6(10)12-5-7(4-8(12)13)9(14)11(2)3;9-8(6-1-2-10-3-6)7-4-12-5-11-7;1-2-5-3-4-1;;;;;/h7-10H,4-6H2,1-3H3;4-7H,2-3,11H2,1H3;5-8H,2-4,11H2,1H3;6-7H,4-5,10H2,1-3H3;4-6,8,10H,1-3,9H2;1-3H;;4*1H/b15-13-;;;;;;;;;;/t;6-,7?;7-,8?;6-,7?;;;;;;;/m.111......./s1/i;;;;;;;;;2*1+2. The Bertz CT molecular complexity index is 2670. The maximum Gasteiger partial charge on any atom is 0.227 e. The van der Waals surface area contributed by atoms with Crippen LogP contribution >= 0.6 is 0 Å². The molecule has 5 aromatic heterocycles. The Kier molecular flexibility index (Phi) is 31.3. The van der Waals surface area contributed by atoms with Gasteiger partial charge in [0.2, 0.25) is 23.6 Å². The lowest BCUT2D eigenvalue weighted by molar-refractivity contribution is -0.133. The van der Waals surface area contributed by atoms with Gasteiger partial charge in [-0.3, -0.25) is 43.1 Å². The molecule has 467 valence electrons. The molecule has 0 aromatic carbocycles. The van der Waals surface area contributed by atoms with Gasteiger partial charge in [-0.1, -0.05) is 5.16 Å². The molecule has 3 radical (unpaired) electrons. The third-order valence-electron chi connectivity index (χ3n) is 13.9. The number of ketones is 2. The molecule has 0 spiro atoms. The quantitative estimate of drug-likeness (QED) is 0.0435. The van der Waals surface area contributed by atoms with Gasteiger partial charge in [0.1, 0.15) is 60.7 Å². The van der Waals surface area contributed by atoms with E-state index >= 15 is 0 Å². The number of amides is 4. The first-order valence-electron chi connectivity index (χ1n) is 26.9. The summed E-state index contributed by atoms with van der Waals surface area (Å²) in [4.78, 5) is 103. The number of carbonyl (C=O) groups excluding carboxylic acids is 6. The number of Topliss-reactive ketones (excluding diaryl/α,β-unsaturated/α-hetero) is 2. The van der Waals surface area contributed by atoms with E-state index in [1.807, 2.05) is 32.6 Å². The number of oxazole rings is 5. The summed E-state index contributed by atoms with van der Waals surface area (Å²) in [5, 5.41) is 7.39. The van der Waals surface area contributed by atoms with E-state index < -0.39 is 0 Å². The highest BCUT2D eigenvalue weighted by Gasteiger charge is 2.39. The van der Waals surface area contributed by atoms with Crippen LogP contribution in [0.25, 0.3) is 0 Å². The fourth-order valence-electron chi connectivity index (χ4n) is 9.42. The molecule has 5 aliphatic rings. The van der Waals surface area contributed by atoms with Crippen LogP contribution in [0.4, 0.5) is 9.41 Å². The predicted octanol–water partition coefficient (Wildman–Crippen LogP) is 2.77. The molecule has 5 saturated heterocycles. The number of hydrogen-bond acceptors (Lipinski definition) is 24. The number of nitrogens with two attached hydrogens (primary N) is 4. The van der Waals surface area contributed by atoms with Crippen molar-refractivity contribution >= 4 is 49.3 Å². The van der Waals surface area contributed by atoms with Gasteiger partial charge >= 0.3 is 0 Å². The first kappa shape index (κ1) is 72.5. The Morgan fingerprint density at radius 2 is 1.19 bits per heavy atom. The average Bonchev–Trinajstić information content (AvgIpc) is 3.37. The van der Waals surface area contributed by atoms with Gasteiger partial charge < -0.3 is 74.8 Å². The number of rotatable bonds is 15. The SMILES string of the molecule is CCO/N=C(\c1cocn1)C1CC(=O)N(C(C)C)C1.C[C@H](N)N1CC(C(=O)N(C)C)CC1=O.C[C@H](N)N1CC(C(=O)c2cocn2)CC1=O.C[C@H](N)N1CCC(C(=O)c2cocn2)C1.F.F.NC(c1cocn1)C1CCNC1.[3HH].[3HH].[B].c1cocn1. The van der Waals surface area contributed by atoms with Crippen LogP contribution in [-0.2, 0) is 24.0 Å². The van der Waals surface area contributed by atoms with Crippen molar-refractivity contribution in [1.82, 2.24) is 54.7 Å². The van der Waals surface area contributed by atoms with Gasteiger partial charge in [0.15, 0.2) is 43.5 Å². The van der Waals surface area contributed by atoms with Crippen LogP contribution < -0.4 is 28.3 Å². The van der Waals surface area contributed by atoms with Crippen molar-refractivity contribution in [2.24, 2.45) is 57.7 Å². The Labute approximate surface area is 491 Å². The molecular formula is C53H86BF2N16O12. The lowest BCUT2D eigenvalue weighted by atomic mass is 9.98. The van der Waals surface area contributed by atoms with E-state index in [2.05, 4.69) is 44.7 Å². The largest absolute Gasteiger partial charge is 0.452 e. The lowest BCUT2D eigenvalue weighted by Gasteiger charge is -2.21. The van der Waals surface area contributed by atoms with Crippen LogP contribution in [0.3, 0.4) is 0 Å². The zero-order chi connectivity index (χ0) is 59.2. The maximum absolute atomic E-state index is 12.0. The van der Waals surface area contributed by atoms with E-state index in [0.717, 1.165) is 44.7 Å². The van der Waals surface area contributed by atoms with Crippen molar-refractivity contribution in [1.29, 1.82) is 0 Å². The molecule has 28 nitrogen and oxygen atoms in total. The molecule has 0 saturated carbocycles. The van der Waals surface area contributed by atoms with Gasteiger partial charge in [-0.25, -0.2) is 24.9 Å². The number of nitrogens with zero attached hydrogens (tertiary/aromatic N) is 11. The van der Waals surface area contributed by atoms with E-state index in [1.54, 1.807) is 45.3 Å². The van der Waals surface area contributed by atoms with Crippen LogP contribution in [0, 0.1) is 29.6 Å². The van der Waals surface area contributed by atoms with Crippen molar-refractivity contribution < 1.29 is 68.0 Å². The minimum atomic E-state index is -0.359. The van der Waals surface area contributed by atoms with E-state index in [0.29, 0.717) is 62.1 Å². The van der Waals surface area contributed by atoms with Crippen LogP contribution in [-0.4, -0.2) is 190 Å². The molecule has 9 N–H and O–H groups in total. The molecule has 5 fully saturated rings. The molecule has 10 heterocycles. The smallest absolute Gasteiger partial charge is 0.227 e. The van der Waals surface area contributed by atoms with Crippen LogP contribution in [0.15, 0.2) is 96.7 Å².